The Balaban J connectivity index is -0.0000000285. The van der Waals surface area contributed by atoms with Crippen LogP contribution in [-0.2, 0) is 40.3 Å². The van der Waals surface area contributed by atoms with Gasteiger partial charge in [0.2, 0.25) is 0 Å². The number of hydrogen-bond acceptors (Lipinski definition) is 0. The Kier molecular flexibility index (Phi) is 155. The van der Waals surface area contributed by atoms with Gasteiger partial charge in [0.15, 0.2) is 0 Å². The Bertz CT molecular complexity index is 276. The molecule has 0 bridgehead atoms. The van der Waals surface area contributed by atoms with Crippen LogP contribution in [-0.4, -0.2) is 0 Å². The number of rotatable bonds is 0. The van der Waals surface area contributed by atoms with Crippen LogP contribution < -0.4 is 0 Å². The van der Waals surface area contributed by atoms with Gasteiger partial charge in [-0.1, -0.05) is 6.92 Å². The summed E-state index contributed by atoms with van der Waals surface area (Å²) in [5, 5.41) is 0. The molecule has 5 nitrogen and oxygen atoms in total. The molecule has 1 aromatic rings. The zero-order chi connectivity index (χ0) is 15.1. The van der Waals surface area contributed by atoms with Crippen LogP contribution in [0.3, 0.4) is 0 Å². The molecule has 6 heteroatoms. The molecule has 0 atom stereocenters. The van der Waals surface area contributed by atoms with Crippen LogP contribution >= 0.6 is 0 Å². The minimum Gasteiger partial charge on any atom is 0 e. The molecule has 0 N–H and O–H groups in total. The van der Waals surface area contributed by atoms with Gasteiger partial charge in [-0.05, 0) is 0 Å². The van der Waals surface area contributed by atoms with E-state index < -0.39 is 0 Å². The minimum absolute atomic E-state index is 0. The second-order valence-electron chi connectivity index (χ2n) is 1.58. The van der Waals surface area contributed by atoms with Crippen LogP contribution in [0.2, 0.25) is 0 Å². The van der Waals surface area contributed by atoms with Crippen LogP contribution in [0.1, 0.15) is 5.56 Å². The normalized spacial score (nSPS) is 3.94. The molecular weight excluding hydrogens is 279 g/mol. The van der Waals surface area contributed by atoms with Gasteiger partial charge in [0.1, 0.15) is 0 Å². The van der Waals surface area contributed by atoms with Crippen LogP contribution in [0.5, 0.6) is 0 Å². The standard InChI is InChI=1S/C7H7.5CO.Mn/c1-7-5-3-2-4-6-7;5*1-2;/h3-6H,1H3;;;;;;/q-1;;;;;;. The van der Waals surface area contributed by atoms with Gasteiger partial charge in [-0.25, -0.2) is 0 Å². The largest absolute Gasteiger partial charge is 0 e. The molecule has 0 heterocycles. The molecule has 0 amide bonds. The molecule has 0 fully saturated rings. The molecule has 18 heavy (non-hydrogen) atoms. The monoisotopic (exact) mass is 286 g/mol. The summed E-state index contributed by atoms with van der Waals surface area (Å²) < 4.78 is 37.5. The summed E-state index contributed by atoms with van der Waals surface area (Å²) in [6, 6.07) is 10.8. The average Bonchev–Trinajstić information content (AvgIpc) is 2.50. The van der Waals surface area contributed by atoms with E-state index >= 15 is 0 Å². The molecule has 0 unspecified atom stereocenters. The molecule has 0 aromatic heterocycles. The first kappa shape index (κ1) is 36.0. The average molecular weight is 286 g/mol. The third-order valence-corrected chi connectivity index (χ3v) is 0.885. The van der Waals surface area contributed by atoms with E-state index in [-0.39, 0.29) is 17.1 Å². The Labute approximate surface area is 117 Å². The second kappa shape index (κ2) is 77.6. The summed E-state index contributed by atoms with van der Waals surface area (Å²) in [6.07, 6.45) is 0. The van der Waals surface area contributed by atoms with Crippen LogP contribution in [0, 0.1) is 46.2 Å². The molecule has 0 saturated carbocycles. The molecule has 0 saturated heterocycles. The Morgan fingerprint density at radius 1 is 0.722 bits per heavy atom. The predicted octanol–water partition coefficient (Wildman–Crippen LogP) is 1.61. The predicted molar refractivity (Wildman–Crippen MR) is 49.7 cm³/mol. The SMILES string of the molecule is Cc1cc[c-]cc1.[C-]#[O+].[C-]#[O+].[C-]#[O+].[C-]#[O+].[C-]#[O+].[Mn]. The van der Waals surface area contributed by atoms with Crippen molar-refractivity contribution in [1.82, 2.24) is 0 Å². The Morgan fingerprint density at radius 3 is 1.06 bits per heavy atom. The summed E-state index contributed by atoms with van der Waals surface area (Å²) in [5.41, 5.74) is 1.29. The molecule has 0 aliphatic carbocycles. The van der Waals surface area contributed by atoms with Crippen molar-refractivity contribution in [2.45, 2.75) is 6.92 Å². The summed E-state index contributed by atoms with van der Waals surface area (Å²) >= 11 is 0. The van der Waals surface area contributed by atoms with Crippen LogP contribution in [0.25, 0.3) is 0 Å². The maximum Gasteiger partial charge on any atom is 0 e. The molecule has 93 valence electrons. The maximum atomic E-state index is 7.50. The van der Waals surface area contributed by atoms with E-state index in [2.05, 4.69) is 46.2 Å². The van der Waals surface area contributed by atoms with Gasteiger partial charge >= 0.3 is 56.5 Å². The summed E-state index contributed by atoms with van der Waals surface area (Å²) in [7, 11) is 0. The number of hydrogen-bond donors (Lipinski definition) is 0. The van der Waals surface area contributed by atoms with E-state index in [1.54, 1.807) is 0 Å². The molecular formula is C12H7MnO5-. The van der Waals surface area contributed by atoms with E-state index in [1.165, 1.54) is 5.56 Å². The van der Waals surface area contributed by atoms with E-state index in [0.29, 0.717) is 0 Å². The zero-order valence-corrected chi connectivity index (χ0v) is 10.4. The van der Waals surface area contributed by atoms with Gasteiger partial charge in [0.25, 0.3) is 0 Å². The van der Waals surface area contributed by atoms with Crippen LogP contribution in [0.4, 0.5) is 0 Å². The van der Waals surface area contributed by atoms with Crippen molar-refractivity contribution in [1.29, 1.82) is 0 Å². The smallest absolute Gasteiger partial charge is 0 e. The van der Waals surface area contributed by atoms with Gasteiger partial charge in [-0.15, -0.1) is 0 Å². The Morgan fingerprint density at radius 2 is 0.944 bits per heavy atom. The fourth-order valence-electron chi connectivity index (χ4n) is 0.470. The second-order valence-corrected chi connectivity index (χ2v) is 1.58. The van der Waals surface area contributed by atoms with Gasteiger partial charge < -0.3 is 0 Å². The third kappa shape index (κ3) is 62.9. The number of benzene rings is 1. The molecule has 1 radical (unpaired) electrons. The van der Waals surface area contributed by atoms with Gasteiger partial charge in [0.05, 0.1) is 0 Å². The van der Waals surface area contributed by atoms with Gasteiger partial charge in [0, 0.05) is 17.1 Å². The van der Waals surface area contributed by atoms with E-state index in [9.17, 15) is 0 Å². The topological polar surface area (TPSA) is 99.5 Å². The fraction of sp³-hybridized carbons (Fsp3) is 0.0833. The quantitative estimate of drug-likeness (QED) is 0.393. The molecule has 0 spiro atoms. The first-order valence-electron chi connectivity index (χ1n) is 3.34. The summed E-state index contributed by atoms with van der Waals surface area (Å²) in [4.78, 5) is 0. The molecule has 1 aromatic carbocycles. The Hall–Kier alpha value is -1.56. The summed E-state index contributed by atoms with van der Waals surface area (Å²) in [6.45, 7) is 24.6. The van der Waals surface area contributed by atoms with Gasteiger partial charge in [-0.2, -0.15) is 35.9 Å². The summed E-state index contributed by atoms with van der Waals surface area (Å²) in [5.74, 6) is 0. The van der Waals surface area contributed by atoms with Crippen molar-refractivity contribution < 1.29 is 40.3 Å². The van der Waals surface area contributed by atoms with Crippen molar-refractivity contribution in [2.75, 3.05) is 0 Å². The fourth-order valence-corrected chi connectivity index (χ4v) is 0.470. The first-order valence-corrected chi connectivity index (χ1v) is 3.34. The van der Waals surface area contributed by atoms with E-state index in [1.807, 2.05) is 24.3 Å². The third-order valence-electron chi connectivity index (χ3n) is 0.885. The van der Waals surface area contributed by atoms with Crippen molar-refractivity contribution in [2.24, 2.45) is 0 Å². The van der Waals surface area contributed by atoms with Crippen molar-refractivity contribution in [3.63, 3.8) is 0 Å². The molecule has 0 aliphatic rings. The molecule has 0 aliphatic heterocycles. The zero-order valence-electron chi connectivity index (χ0n) is 9.23. The van der Waals surface area contributed by atoms with E-state index in [0.717, 1.165) is 0 Å². The van der Waals surface area contributed by atoms with Gasteiger partial charge in [-0.3, -0.25) is 0 Å². The van der Waals surface area contributed by atoms with Crippen LogP contribution in [0.15, 0.2) is 24.3 Å². The number of aryl methyl sites for hydroxylation is 1. The molecule has 1 rings (SSSR count). The van der Waals surface area contributed by atoms with Crippen molar-refractivity contribution >= 4 is 0 Å². The minimum atomic E-state index is 0. The van der Waals surface area contributed by atoms with E-state index in [4.69, 9.17) is 23.3 Å². The van der Waals surface area contributed by atoms with Crippen molar-refractivity contribution in [3.8, 4) is 0 Å². The maximum absolute atomic E-state index is 7.50. The first-order chi connectivity index (χ1) is 8.39. The van der Waals surface area contributed by atoms with Crippen molar-refractivity contribution in [3.05, 3.63) is 69.1 Å².